The summed E-state index contributed by atoms with van der Waals surface area (Å²) in [4.78, 5) is 30.7. The Labute approximate surface area is 144 Å². The van der Waals surface area contributed by atoms with E-state index in [1.165, 1.54) is 16.8 Å². The number of hydrogen-bond acceptors (Lipinski definition) is 7. The molecule has 0 bridgehead atoms. The average Bonchev–Trinajstić information content (AvgIpc) is 3.29. The molecule has 1 aliphatic heterocycles. The summed E-state index contributed by atoms with van der Waals surface area (Å²) in [5.74, 6) is 0.840. The van der Waals surface area contributed by atoms with Gasteiger partial charge in [-0.2, -0.15) is 10.1 Å². The SMILES string of the molecule is CCc1nc([C@@H]2CCCN2C(=O)c2ccc(=O)n(CCOC)n2)no1. The molecular formula is C16H21N5O4. The number of aryl methyl sites for hydroxylation is 1. The second-order valence-electron chi connectivity index (χ2n) is 5.83. The number of rotatable bonds is 6. The van der Waals surface area contributed by atoms with Crippen LogP contribution in [0, 0.1) is 0 Å². The maximum absolute atomic E-state index is 12.9. The highest BCUT2D eigenvalue weighted by Crippen LogP contribution is 2.31. The van der Waals surface area contributed by atoms with Gasteiger partial charge in [-0.05, 0) is 18.9 Å². The lowest BCUT2D eigenvalue weighted by Crippen LogP contribution is -2.34. The topological polar surface area (TPSA) is 103 Å². The molecular weight excluding hydrogens is 326 g/mol. The maximum atomic E-state index is 12.9. The number of aromatic nitrogens is 4. The average molecular weight is 347 g/mol. The molecule has 0 radical (unpaired) electrons. The molecule has 0 spiro atoms. The second kappa shape index (κ2) is 7.56. The number of nitrogens with zero attached hydrogens (tertiary/aromatic N) is 5. The largest absolute Gasteiger partial charge is 0.383 e. The Balaban J connectivity index is 1.82. The van der Waals surface area contributed by atoms with E-state index in [0.29, 0.717) is 37.8 Å². The van der Waals surface area contributed by atoms with Crippen molar-refractivity contribution in [3.8, 4) is 0 Å². The van der Waals surface area contributed by atoms with Crippen molar-refractivity contribution < 1.29 is 14.1 Å². The summed E-state index contributed by atoms with van der Waals surface area (Å²) in [6.45, 7) is 3.17. The van der Waals surface area contributed by atoms with Gasteiger partial charge in [0.05, 0.1) is 19.2 Å². The Morgan fingerprint density at radius 1 is 1.44 bits per heavy atom. The number of ether oxygens (including phenoxy) is 1. The Kier molecular flexibility index (Phi) is 5.22. The molecule has 1 atom stereocenters. The van der Waals surface area contributed by atoms with Crippen LogP contribution in [0.15, 0.2) is 21.5 Å². The Morgan fingerprint density at radius 2 is 2.28 bits per heavy atom. The summed E-state index contributed by atoms with van der Waals surface area (Å²) in [5.41, 5.74) is -0.0425. The summed E-state index contributed by atoms with van der Waals surface area (Å²) in [6, 6.07) is 2.58. The smallest absolute Gasteiger partial charge is 0.274 e. The third-order valence-corrected chi connectivity index (χ3v) is 4.19. The van der Waals surface area contributed by atoms with E-state index in [1.807, 2.05) is 6.92 Å². The van der Waals surface area contributed by atoms with Gasteiger partial charge in [-0.25, -0.2) is 4.68 Å². The molecule has 0 N–H and O–H groups in total. The molecule has 1 saturated heterocycles. The summed E-state index contributed by atoms with van der Waals surface area (Å²) in [5, 5.41) is 8.17. The number of amides is 1. The minimum Gasteiger partial charge on any atom is -0.383 e. The first-order chi connectivity index (χ1) is 12.1. The third kappa shape index (κ3) is 3.60. The van der Waals surface area contributed by atoms with Crippen LogP contribution in [-0.4, -0.2) is 51.0 Å². The lowest BCUT2D eigenvalue weighted by atomic mass is 10.2. The Morgan fingerprint density at radius 3 is 3.00 bits per heavy atom. The highest BCUT2D eigenvalue weighted by atomic mass is 16.5. The molecule has 1 aliphatic rings. The van der Waals surface area contributed by atoms with Crippen LogP contribution in [0.1, 0.15) is 48.0 Å². The summed E-state index contributed by atoms with van der Waals surface area (Å²) in [7, 11) is 1.55. The highest BCUT2D eigenvalue weighted by Gasteiger charge is 2.34. The van der Waals surface area contributed by atoms with E-state index < -0.39 is 0 Å². The van der Waals surface area contributed by atoms with Crippen LogP contribution in [0.3, 0.4) is 0 Å². The van der Waals surface area contributed by atoms with Gasteiger partial charge in [0.15, 0.2) is 5.82 Å². The summed E-state index contributed by atoms with van der Waals surface area (Å²) in [6.07, 6.45) is 2.28. The van der Waals surface area contributed by atoms with E-state index in [-0.39, 0.29) is 23.2 Å². The number of likely N-dealkylation sites (tertiary alicyclic amines) is 1. The molecule has 0 unspecified atom stereocenters. The molecule has 1 fully saturated rings. The van der Waals surface area contributed by atoms with Gasteiger partial charge in [0, 0.05) is 26.1 Å². The molecule has 1 amide bonds. The van der Waals surface area contributed by atoms with Crippen LogP contribution >= 0.6 is 0 Å². The fourth-order valence-electron chi connectivity index (χ4n) is 2.87. The van der Waals surface area contributed by atoms with Gasteiger partial charge in [-0.1, -0.05) is 12.1 Å². The molecule has 9 heteroatoms. The molecule has 25 heavy (non-hydrogen) atoms. The number of carbonyl (C=O) groups excluding carboxylic acids is 1. The van der Waals surface area contributed by atoms with Crippen molar-refractivity contribution in [3.05, 3.63) is 39.9 Å². The normalized spacial score (nSPS) is 17.2. The Bertz CT molecular complexity index is 800. The predicted molar refractivity (Wildman–Crippen MR) is 87.1 cm³/mol. The molecule has 2 aromatic heterocycles. The molecule has 134 valence electrons. The van der Waals surface area contributed by atoms with Gasteiger partial charge in [0.25, 0.3) is 11.5 Å². The molecule has 0 aliphatic carbocycles. The van der Waals surface area contributed by atoms with Crippen LogP contribution in [0.4, 0.5) is 0 Å². The first kappa shape index (κ1) is 17.3. The van der Waals surface area contributed by atoms with Crippen molar-refractivity contribution in [1.82, 2.24) is 24.8 Å². The lowest BCUT2D eigenvalue weighted by Gasteiger charge is -2.21. The zero-order valence-electron chi connectivity index (χ0n) is 14.3. The highest BCUT2D eigenvalue weighted by molar-refractivity contribution is 5.92. The van der Waals surface area contributed by atoms with E-state index >= 15 is 0 Å². The van der Waals surface area contributed by atoms with Crippen LogP contribution in [0.2, 0.25) is 0 Å². The lowest BCUT2D eigenvalue weighted by molar-refractivity contribution is 0.0718. The zero-order valence-corrected chi connectivity index (χ0v) is 14.3. The molecule has 3 rings (SSSR count). The summed E-state index contributed by atoms with van der Waals surface area (Å²) < 4.78 is 11.4. The minimum atomic E-state index is -0.266. The molecule has 0 saturated carbocycles. The van der Waals surface area contributed by atoms with Crippen LogP contribution < -0.4 is 5.56 Å². The monoisotopic (exact) mass is 347 g/mol. The minimum absolute atomic E-state index is 0.224. The van der Waals surface area contributed by atoms with Crippen molar-refractivity contribution in [3.63, 3.8) is 0 Å². The van der Waals surface area contributed by atoms with Crippen molar-refractivity contribution in [2.24, 2.45) is 0 Å². The van der Waals surface area contributed by atoms with Crippen LogP contribution in [-0.2, 0) is 17.7 Å². The molecule has 3 heterocycles. The van der Waals surface area contributed by atoms with Gasteiger partial charge in [0.1, 0.15) is 5.69 Å². The quantitative estimate of drug-likeness (QED) is 0.762. The fourth-order valence-corrected chi connectivity index (χ4v) is 2.87. The van der Waals surface area contributed by atoms with Gasteiger partial charge in [-0.3, -0.25) is 9.59 Å². The van der Waals surface area contributed by atoms with Gasteiger partial charge >= 0.3 is 0 Å². The van der Waals surface area contributed by atoms with Crippen molar-refractivity contribution in [2.75, 3.05) is 20.3 Å². The first-order valence-electron chi connectivity index (χ1n) is 8.34. The Hall–Kier alpha value is -2.55. The molecule has 0 aromatic carbocycles. The maximum Gasteiger partial charge on any atom is 0.274 e. The second-order valence-corrected chi connectivity index (χ2v) is 5.83. The van der Waals surface area contributed by atoms with Crippen molar-refractivity contribution in [2.45, 2.75) is 38.8 Å². The van der Waals surface area contributed by atoms with Crippen molar-refractivity contribution in [1.29, 1.82) is 0 Å². The number of carbonyl (C=O) groups is 1. The van der Waals surface area contributed by atoms with E-state index in [2.05, 4.69) is 15.2 Å². The molecule has 2 aromatic rings. The van der Waals surface area contributed by atoms with Gasteiger partial charge in [-0.15, -0.1) is 0 Å². The van der Waals surface area contributed by atoms with Crippen LogP contribution in [0.5, 0.6) is 0 Å². The van der Waals surface area contributed by atoms with E-state index in [4.69, 9.17) is 9.26 Å². The number of hydrogen-bond donors (Lipinski definition) is 0. The van der Waals surface area contributed by atoms with Gasteiger partial charge in [0.2, 0.25) is 5.89 Å². The third-order valence-electron chi connectivity index (χ3n) is 4.19. The zero-order chi connectivity index (χ0) is 17.8. The molecule has 9 nitrogen and oxygen atoms in total. The van der Waals surface area contributed by atoms with Crippen LogP contribution in [0.25, 0.3) is 0 Å². The van der Waals surface area contributed by atoms with E-state index in [1.54, 1.807) is 12.0 Å². The van der Waals surface area contributed by atoms with Crippen molar-refractivity contribution >= 4 is 5.91 Å². The standard InChI is InChI=1S/C16H21N5O4/c1-3-13-17-15(19-25-13)12-5-4-8-20(12)16(23)11-6-7-14(22)21(18-11)9-10-24-2/h6-7,12H,3-5,8-10H2,1-2H3/t12-/m0/s1. The first-order valence-corrected chi connectivity index (χ1v) is 8.34. The predicted octanol–water partition coefficient (Wildman–Crippen LogP) is 0.812. The van der Waals surface area contributed by atoms with E-state index in [9.17, 15) is 9.59 Å². The summed E-state index contributed by atoms with van der Waals surface area (Å²) >= 11 is 0. The van der Waals surface area contributed by atoms with Gasteiger partial charge < -0.3 is 14.2 Å². The fraction of sp³-hybridized carbons (Fsp3) is 0.562. The van der Waals surface area contributed by atoms with E-state index in [0.717, 1.165) is 12.8 Å². The number of methoxy groups -OCH3 is 1.